The Morgan fingerprint density at radius 1 is 1.35 bits per heavy atom. The van der Waals surface area contributed by atoms with Gasteiger partial charge in [-0.25, -0.2) is 0 Å². The topological polar surface area (TPSA) is 101 Å². The fraction of sp³-hybridized carbons (Fsp3) is 0.700. The molecule has 96 valence electrons. The first-order valence-electron chi connectivity index (χ1n) is 4.93. The molecule has 7 nitrogen and oxygen atoms in total. The number of rotatable bonds is 4. The SMILES string of the molecule is C#CCO/N=C\C1O[C@@H](OC)C(O)[C@@H](O)[C@H]1O. The largest absolute Gasteiger partial charge is 0.387 e. The van der Waals surface area contributed by atoms with E-state index in [0.29, 0.717) is 0 Å². The molecule has 1 rings (SSSR count). The van der Waals surface area contributed by atoms with Gasteiger partial charge in [0.25, 0.3) is 0 Å². The molecule has 17 heavy (non-hydrogen) atoms. The molecule has 0 radical (unpaired) electrons. The molecule has 0 bridgehead atoms. The molecule has 5 atom stereocenters. The van der Waals surface area contributed by atoms with Crippen molar-refractivity contribution in [2.24, 2.45) is 5.16 Å². The van der Waals surface area contributed by atoms with Crippen LogP contribution in [0.2, 0.25) is 0 Å². The van der Waals surface area contributed by atoms with Gasteiger partial charge in [-0.3, -0.25) is 0 Å². The van der Waals surface area contributed by atoms with Gasteiger partial charge in [-0.2, -0.15) is 0 Å². The Morgan fingerprint density at radius 2 is 2.06 bits per heavy atom. The Morgan fingerprint density at radius 3 is 2.65 bits per heavy atom. The van der Waals surface area contributed by atoms with Gasteiger partial charge in [-0.05, 0) is 0 Å². The monoisotopic (exact) mass is 245 g/mol. The van der Waals surface area contributed by atoms with Crippen LogP contribution in [0.1, 0.15) is 0 Å². The lowest BCUT2D eigenvalue weighted by Gasteiger charge is -2.38. The van der Waals surface area contributed by atoms with Crippen molar-refractivity contribution in [1.29, 1.82) is 0 Å². The van der Waals surface area contributed by atoms with E-state index in [4.69, 9.17) is 15.9 Å². The van der Waals surface area contributed by atoms with Crippen LogP contribution < -0.4 is 0 Å². The zero-order valence-electron chi connectivity index (χ0n) is 9.26. The molecule has 1 fully saturated rings. The maximum absolute atomic E-state index is 9.60. The average molecular weight is 245 g/mol. The van der Waals surface area contributed by atoms with Gasteiger partial charge in [0.15, 0.2) is 12.9 Å². The van der Waals surface area contributed by atoms with Crippen LogP contribution in [0.4, 0.5) is 0 Å². The number of oxime groups is 1. The highest BCUT2D eigenvalue weighted by Gasteiger charge is 2.43. The van der Waals surface area contributed by atoms with E-state index in [1.807, 2.05) is 0 Å². The maximum Gasteiger partial charge on any atom is 0.186 e. The van der Waals surface area contributed by atoms with Crippen LogP contribution in [-0.2, 0) is 14.3 Å². The van der Waals surface area contributed by atoms with Crippen LogP contribution in [-0.4, -0.2) is 66.0 Å². The fourth-order valence-corrected chi connectivity index (χ4v) is 1.37. The number of hydrogen-bond donors (Lipinski definition) is 3. The molecule has 0 aliphatic carbocycles. The lowest BCUT2D eigenvalue weighted by atomic mass is 10.00. The van der Waals surface area contributed by atoms with E-state index in [9.17, 15) is 15.3 Å². The lowest BCUT2D eigenvalue weighted by molar-refractivity contribution is -0.274. The smallest absolute Gasteiger partial charge is 0.186 e. The van der Waals surface area contributed by atoms with Gasteiger partial charge in [-0.15, -0.1) is 6.42 Å². The molecule has 2 unspecified atom stereocenters. The van der Waals surface area contributed by atoms with Gasteiger partial charge < -0.3 is 29.6 Å². The first-order valence-corrected chi connectivity index (χ1v) is 4.93. The summed E-state index contributed by atoms with van der Waals surface area (Å²) in [5, 5.41) is 32.1. The minimum atomic E-state index is -1.39. The highest BCUT2D eigenvalue weighted by Crippen LogP contribution is 2.20. The van der Waals surface area contributed by atoms with Crippen molar-refractivity contribution in [1.82, 2.24) is 0 Å². The molecule has 0 amide bonds. The van der Waals surface area contributed by atoms with Crippen LogP contribution >= 0.6 is 0 Å². The number of terminal acetylenes is 1. The predicted molar refractivity (Wildman–Crippen MR) is 57.0 cm³/mol. The van der Waals surface area contributed by atoms with E-state index in [0.717, 1.165) is 6.21 Å². The first-order chi connectivity index (χ1) is 8.11. The van der Waals surface area contributed by atoms with Crippen LogP contribution in [0.3, 0.4) is 0 Å². The lowest BCUT2D eigenvalue weighted by Crippen LogP contribution is -2.58. The number of aliphatic hydroxyl groups is 3. The average Bonchev–Trinajstić information content (AvgIpc) is 2.34. The minimum absolute atomic E-state index is 0.0157. The van der Waals surface area contributed by atoms with Crippen molar-refractivity contribution in [2.75, 3.05) is 13.7 Å². The Balaban J connectivity index is 2.59. The molecule has 1 saturated heterocycles. The third-order valence-corrected chi connectivity index (χ3v) is 2.27. The van der Waals surface area contributed by atoms with E-state index >= 15 is 0 Å². The summed E-state index contributed by atoms with van der Waals surface area (Å²) in [6.07, 6.45) is 0.0433. The quantitative estimate of drug-likeness (QED) is 0.231. The highest BCUT2D eigenvalue weighted by atomic mass is 16.7. The second kappa shape index (κ2) is 6.54. The maximum atomic E-state index is 9.60. The molecule has 0 aromatic heterocycles. The highest BCUT2D eigenvalue weighted by molar-refractivity contribution is 5.63. The van der Waals surface area contributed by atoms with Crippen molar-refractivity contribution >= 4 is 6.21 Å². The van der Waals surface area contributed by atoms with Gasteiger partial charge in [0.2, 0.25) is 0 Å². The normalized spacial score (nSPS) is 37.9. The van der Waals surface area contributed by atoms with Gasteiger partial charge >= 0.3 is 0 Å². The van der Waals surface area contributed by atoms with E-state index in [-0.39, 0.29) is 6.61 Å². The third-order valence-electron chi connectivity index (χ3n) is 2.27. The second-order valence-corrected chi connectivity index (χ2v) is 3.41. The van der Waals surface area contributed by atoms with Crippen LogP contribution in [0.15, 0.2) is 5.16 Å². The summed E-state index contributed by atoms with van der Waals surface area (Å²) in [5.74, 6) is 2.20. The van der Waals surface area contributed by atoms with E-state index < -0.39 is 30.7 Å². The molecule has 0 aromatic rings. The summed E-state index contributed by atoms with van der Waals surface area (Å²) >= 11 is 0. The molecule has 0 spiro atoms. The Labute approximate surface area is 98.6 Å². The molecule has 0 saturated carbocycles. The summed E-state index contributed by atoms with van der Waals surface area (Å²) in [6.45, 7) is -0.0157. The molecular formula is C10H15NO6. The Bertz CT molecular complexity index is 300. The fourth-order valence-electron chi connectivity index (χ4n) is 1.37. The zero-order valence-corrected chi connectivity index (χ0v) is 9.26. The van der Waals surface area contributed by atoms with E-state index in [1.54, 1.807) is 0 Å². The summed E-state index contributed by atoms with van der Waals surface area (Å²) in [5.41, 5.74) is 0. The standard InChI is InChI=1S/C10H15NO6/c1-3-4-16-11-5-6-7(12)8(13)9(14)10(15-2)17-6/h1,5-10,12-14H,4H2,2H3/b11-5-/t6?,7-,8-,9?,10+/m0/s1. The van der Waals surface area contributed by atoms with Crippen molar-refractivity contribution in [3.63, 3.8) is 0 Å². The summed E-state index contributed by atoms with van der Waals surface area (Å²) < 4.78 is 9.95. The molecule has 1 heterocycles. The molecule has 1 aliphatic rings. The summed E-state index contributed by atoms with van der Waals surface area (Å²) in [7, 11) is 1.31. The molecule has 1 aliphatic heterocycles. The van der Waals surface area contributed by atoms with Crippen LogP contribution in [0, 0.1) is 12.3 Å². The minimum Gasteiger partial charge on any atom is -0.387 e. The number of methoxy groups -OCH3 is 1. The summed E-state index contributed by atoms with van der Waals surface area (Å²) in [4.78, 5) is 4.62. The van der Waals surface area contributed by atoms with Crippen molar-refractivity contribution in [3.8, 4) is 12.3 Å². The van der Waals surface area contributed by atoms with Gasteiger partial charge in [0.1, 0.15) is 24.4 Å². The van der Waals surface area contributed by atoms with E-state index in [2.05, 4.69) is 15.9 Å². The third kappa shape index (κ3) is 3.39. The summed E-state index contributed by atoms with van der Waals surface area (Å²) in [6, 6.07) is 0. The van der Waals surface area contributed by atoms with Crippen LogP contribution in [0.25, 0.3) is 0 Å². The van der Waals surface area contributed by atoms with Crippen molar-refractivity contribution in [3.05, 3.63) is 0 Å². The zero-order chi connectivity index (χ0) is 12.8. The molecule has 7 heteroatoms. The van der Waals surface area contributed by atoms with Crippen molar-refractivity contribution < 1.29 is 29.6 Å². The number of nitrogens with zero attached hydrogens (tertiary/aromatic N) is 1. The molecular weight excluding hydrogens is 230 g/mol. The number of hydrogen-bond acceptors (Lipinski definition) is 7. The van der Waals surface area contributed by atoms with Gasteiger partial charge in [-0.1, -0.05) is 11.1 Å². The van der Waals surface area contributed by atoms with Crippen molar-refractivity contribution in [2.45, 2.75) is 30.7 Å². The number of ether oxygens (including phenoxy) is 2. The molecule has 0 aromatic carbocycles. The van der Waals surface area contributed by atoms with Crippen LogP contribution in [0.5, 0.6) is 0 Å². The Kier molecular flexibility index (Phi) is 5.34. The number of aliphatic hydroxyl groups excluding tert-OH is 3. The Hall–Kier alpha value is -1.17. The first kappa shape index (κ1) is 13.9. The predicted octanol–water partition coefficient (Wildman–Crippen LogP) is -1.92. The van der Waals surface area contributed by atoms with Gasteiger partial charge in [0.05, 0.1) is 6.21 Å². The molecule has 3 N–H and O–H groups in total. The second-order valence-electron chi connectivity index (χ2n) is 3.41. The van der Waals surface area contributed by atoms with Gasteiger partial charge in [0, 0.05) is 7.11 Å². The van der Waals surface area contributed by atoms with E-state index in [1.165, 1.54) is 7.11 Å².